The van der Waals surface area contributed by atoms with Crippen molar-refractivity contribution >= 4 is 5.91 Å². The Balaban J connectivity index is 2.28. The topological polar surface area (TPSA) is 61.6 Å². The fourth-order valence-electron chi connectivity index (χ4n) is 1.77. The zero-order valence-electron chi connectivity index (χ0n) is 10.6. The standard InChI is InChI=1S/C11H24N4O/c1-9(2)8-10(12)11(16)13-15-6-4-14(3)5-7-15/h9-10H,4-8,12H2,1-3H3,(H,13,16). The number of carbonyl (C=O) groups is 1. The monoisotopic (exact) mass is 228 g/mol. The molecule has 0 aromatic carbocycles. The molecule has 5 nitrogen and oxygen atoms in total. The highest BCUT2D eigenvalue weighted by atomic mass is 16.2. The highest BCUT2D eigenvalue weighted by Crippen LogP contribution is 2.03. The van der Waals surface area contributed by atoms with Gasteiger partial charge in [0.1, 0.15) is 0 Å². The van der Waals surface area contributed by atoms with Gasteiger partial charge in [0.25, 0.3) is 5.91 Å². The number of carbonyl (C=O) groups excluding carboxylic acids is 1. The van der Waals surface area contributed by atoms with Crippen molar-refractivity contribution in [1.82, 2.24) is 15.3 Å². The van der Waals surface area contributed by atoms with Crippen LogP contribution in [-0.2, 0) is 4.79 Å². The van der Waals surface area contributed by atoms with Gasteiger partial charge in [0.15, 0.2) is 0 Å². The Bertz CT molecular complexity index is 224. The molecule has 3 N–H and O–H groups in total. The number of nitrogens with one attached hydrogen (secondary N) is 1. The third-order valence-electron chi connectivity index (χ3n) is 2.83. The van der Waals surface area contributed by atoms with Crippen LogP contribution in [0.5, 0.6) is 0 Å². The summed E-state index contributed by atoms with van der Waals surface area (Å²) in [4.78, 5) is 14.0. The van der Waals surface area contributed by atoms with E-state index in [1.807, 2.05) is 5.01 Å². The first kappa shape index (κ1) is 13.4. The molecule has 1 aliphatic heterocycles. The predicted octanol–water partition coefficient (Wildman–Crippen LogP) is -0.362. The predicted molar refractivity (Wildman–Crippen MR) is 64.6 cm³/mol. The zero-order chi connectivity index (χ0) is 12.1. The van der Waals surface area contributed by atoms with E-state index >= 15 is 0 Å². The summed E-state index contributed by atoms with van der Waals surface area (Å²) in [7, 11) is 2.09. The van der Waals surface area contributed by atoms with E-state index in [9.17, 15) is 4.79 Å². The van der Waals surface area contributed by atoms with Gasteiger partial charge in [-0.25, -0.2) is 5.01 Å². The van der Waals surface area contributed by atoms with Crippen molar-refractivity contribution in [3.05, 3.63) is 0 Å². The van der Waals surface area contributed by atoms with Crippen molar-refractivity contribution in [3.8, 4) is 0 Å². The van der Waals surface area contributed by atoms with Gasteiger partial charge in [0, 0.05) is 26.2 Å². The molecule has 1 aliphatic rings. The van der Waals surface area contributed by atoms with Gasteiger partial charge in [-0.1, -0.05) is 13.8 Å². The van der Waals surface area contributed by atoms with Gasteiger partial charge in [0.2, 0.25) is 0 Å². The van der Waals surface area contributed by atoms with E-state index in [0.29, 0.717) is 5.92 Å². The van der Waals surface area contributed by atoms with Crippen molar-refractivity contribution in [2.75, 3.05) is 33.2 Å². The largest absolute Gasteiger partial charge is 0.320 e. The van der Waals surface area contributed by atoms with E-state index in [2.05, 4.69) is 31.2 Å². The van der Waals surface area contributed by atoms with Crippen LogP contribution in [0.3, 0.4) is 0 Å². The highest BCUT2D eigenvalue weighted by Gasteiger charge is 2.20. The number of nitrogens with two attached hydrogens (primary N) is 1. The summed E-state index contributed by atoms with van der Waals surface area (Å²) in [5, 5.41) is 1.96. The minimum absolute atomic E-state index is 0.0572. The molecular formula is C11H24N4O. The number of rotatable bonds is 4. The molecule has 0 spiro atoms. The molecule has 0 aliphatic carbocycles. The number of piperazine rings is 1. The lowest BCUT2D eigenvalue weighted by molar-refractivity contribution is -0.128. The Hall–Kier alpha value is -0.650. The number of likely N-dealkylation sites (N-methyl/N-ethyl adjacent to an activating group) is 1. The highest BCUT2D eigenvalue weighted by molar-refractivity contribution is 5.80. The second kappa shape index (κ2) is 6.18. The van der Waals surface area contributed by atoms with Crippen LogP contribution in [0.1, 0.15) is 20.3 Å². The third-order valence-corrected chi connectivity index (χ3v) is 2.83. The molecule has 1 unspecified atom stereocenters. The minimum atomic E-state index is -0.389. The maximum Gasteiger partial charge on any atom is 0.251 e. The Morgan fingerprint density at radius 3 is 2.38 bits per heavy atom. The fourth-order valence-corrected chi connectivity index (χ4v) is 1.77. The Labute approximate surface area is 97.9 Å². The van der Waals surface area contributed by atoms with Gasteiger partial charge in [0.05, 0.1) is 6.04 Å². The summed E-state index contributed by atoms with van der Waals surface area (Å²) in [6.45, 7) is 7.86. The van der Waals surface area contributed by atoms with E-state index in [4.69, 9.17) is 5.73 Å². The quantitative estimate of drug-likeness (QED) is 0.690. The maximum atomic E-state index is 11.7. The first-order valence-corrected chi connectivity index (χ1v) is 5.98. The molecule has 0 aromatic heterocycles. The van der Waals surface area contributed by atoms with Crippen molar-refractivity contribution in [2.45, 2.75) is 26.3 Å². The first-order valence-electron chi connectivity index (χ1n) is 5.98. The molecule has 0 saturated carbocycles. The van der Waals surface area contributed by atoms with Crippen LogP contribution in [0.2, 0.25) is 0 Å². The van der Waals surface area contributed by atoms with Gasteiger partial charge < -0.3 is 10.6 Å². The number of hydrogen-bond donors (Lipinski definition) is 2. The van der Waals surface area contributed by atoms with Gasteiger partial charge in [-0.3, -0.25) is 10.2 Å². The molecule has 1 heterocycles. The number of amides is 1. The fraction of sp³-hybridized carbons (Fsp3) is 0.909. The Kier molecular flexibility index (Phi) is 5.18. The molecular weight excluding hydrogens is 204 g/mol. The number of hydrogen-bond acceptors (Lipinski definition) is 4. The van der Waals surface area contributed by atoms with Crippen LogP contribution in [0.25, 0.3) is 0 Å². The van der Waals surface area contributed by atoms with Crippen LogP contribution in [0.15, 0.2) is 0 Å². The SMILES string of the molecule is CC(C)CC(N)C(=O)NN1CCN(C)CC1. The van der Waals surface area contributed by atoms with E-state index < -0.39 is 0 Å². The average Bonchev–Trinajstić information content (AvgIpc) is 2.20. The smallest absolute Gasteiger partial charge is 0.251 e. The van der Waals surface area contributed by atoms with Crippen LogP contribution in [0, 0.1) is 5.92 Å². The van der Waals surface area contributed by atoms with Crippen molar-refractivity contribution < 1.29 is 4.79 Å². The van der Waals surface area contributed by atoms with E-state index in [1.165, 1.54) is 0 Å². The summed E-state index contributed by atoms with van der Waals surface area (Å²) in [5.41, 5.74) is 8.70. The van der Waals surface area contributed by atoms with Gasteiger partial charge in [-0.05, 0) is 19.4 Å². The van der Waals surface area contributed by atoms with Crippen molar-refractivity contribution in [1.29, 1.82) is 0 Å². The van der Waals surface area contributed by atoms with Crippen LogP contribution in [-0.4, -0.2) is 55.1 Å². The van der Waals surface area contributed by atoms with Crippen LogP contribution < -0.4 is 11.2 Å². The Morgan fingerprint density at radius 2 is 1.88 bits per heavy atom. The zero-order valence-corrected chi connectivity index (χ0v) is 10.6. The van der Waals surface area contributed by atoms with E-state index in [-0.39, 0.29) is 11.9 Å². The molecule has 16 heavy (non-hydrogen) atoms. The molecule has 0 bridgehead atoms. The van der Waals surface area contributed by atoms with E-state index in [0.717, 1.165) is 32.6 Å². The van der Waals surface area contributed by atoms with E-state index in [1.54, 1.807) is 0 Å². The summed E-state index contributed by atoms with van der Waals surface area (Å²) >= 11 is 0. The molecule has 1 saturated heterocycles. The number of nitrogens with zero attached hydrogens (tertiary/aromatic N) is 2. The van der Waals surface area contributed by atoms with Gasteiger partial charge in [-0.2, -0.15) is 0 Å². The molecule has 1 amide bonds. The molecule has 1 rings (SSSR count). The van der Waals surface area contributed by atoms with Gasteiger partial charge >= 0.3 is 0 Å². The van der Waals surface area contributed by atoms with Crippen molar-refractivity contribution in [3.63, 3.8) is 0 Å². The van der Waals surface area contributed by atoms with Crippen molar-refractivity contribution in [2.24, 2.45) is 11.7 Å². The van der Waals surface area contributed by atoms with Crippen LogP contribution >= 0.6 is 0 Å². The molecule has 5 heteroatoms. The summed E-state index contributed by atoms with van der Waals surface area (Å²) in [6.07, 6.45) is 0.736. The normalized spacial score (nSPS) is 21.1. The Morgan fingerprint density at radius 1 is 1.31 bits per heavy atom. The minimum Gasteiger partial charge on any atom is -0.320 e. The molecule has 0 aromatic rings. The average molecular weight is 228 g/mol. The lowest BCUT2D eigenvalue weighted by atomic mass is 10.0. The lowest BCUT2D eigenvalue weighted by Crippen LogP contribution is -2.56. The molecule has 1 fully saturated rings. The first-order chi connectivity index (χ1) is 7.49. The molecule has 94 valence electrons. The maximum absolute atomic E-state index is 11.7. The van der Waals surface area contributed by atoms with Gasteiger partial charge in [-0.15, -0.1) is 0 Å². The summed E-state index contributed by atoms with van der Waals surface area (Å²) in [5.74, 6) is 0.395. The summed E-state index contributed by atoms with van der Waals surface area (Å²) < 4.78 is 0. The lowest BCUT2D eigenvalue weighted by Gasteiger charge is -2.33. The second-order valence-corrected chi connectivity index (χ2v) is 5.00. The second-order valence-electron chi connectivity index (χ2n) is 5.00. The molecule has 1 atom stereocenters. The third kappa shape index (κ3) is 4.47. The summed E-state index contributed by atoms with van der Waals surface area (Å²) in [6, 6.07) is -0.389. The molecule has 0 radical (unpaired) electrons. The number of hydrazine groups is 1. The van der Waals surface area contributed by atoms with Crippen LogP contribution in [0.4, 0.5) is 0 Å².